The van der Waals surface area contributed by atoms with Crippen LogP contribution in [0.1, 0.15) is 34.6 Å². The molecule has 0 unspecified atom stereocenters. The summed E-state index contributed by atoms with van der Waals surface area (Å²) in [6.07, 6.45) is 0. The first-order valence-corrected chi connectivity index (χ1v) is 3.83. The van der Waals surface area contributed by atoms with Crippen molar-refractivity contribution in [1.82, 2.24) is 5.32 Å². The molecule has 67 valence electrons. The maximum atomic E-state index is 4.32. The predicted molar refractivity (Wildman–Crippen MR) is 46.5 cm³/mol. The quantitative estimate of drug-likeness (QED) is 0.534. The summed E-state index contributed by atoms with van der Waals surface area (Å²) in [5.74, 6) is 1.03. The van der Waals surface area contributed by atoms with E-state index in [1.54, 1.807) is 0 Å². The summed E-state index contributed by atoms with van der Waals surface area (Å²) < 4.78 is 0. The molecule has 0 atom stereocenters. The zero-order chi connectivity index (χ0) is 8.15. The van der Waals surface area contributed by atoms with Crippen LogP contribution in [0.25, 0.3) is 0 Å². The third-order valence-corrected chi connectivity index (χ3v) is 0.949. The predicted octanol–water partition coefficient (Wildman–Crippen LogP) is 1.81. The topological polar surface area (TPSA) is 24.4 Å². The van der Waals surface area contributed by atoms with Gasteiger partial charge in [-0.25, -0.2) is 0 Å². The summed E-state index contributed by atoms with van der Waals surface area (Å²) in [7, 11) is 0. The van der Waals surface area contributed by atoms with E-state index in [0.29, 0.717) is 12.1 Å². The molecule has 0 saturated heterocycles. The van der Waals surface area contributed by atoms with Crippen LogP contribution in [0.5, 0.6) is 0 Å². The number of hydrogen-bond acceptors (Lipinski definition) is 1. The second kappa shape index (κ2) is 6.67. The fourth-order valence-electron chi connectivity index (χ4n) is 0.842. The van der Waals surface area contributed by atoms with Crippen molar-refractivity contribution < 1.29 is 16.8 Å². The Kier molecular flexibility index (Phi) is 8.22. The smallest absolute Gasteiger partial charge is 0.372 e. The third kappa shape index (κ3) is 9.98. The summed E-state index contributed by atoms with van der Waals surface area (Å²) in [4.78, 5) is 4.32. The molecular formula is C8H18CoN2+2. The van der Waals surface area contributed by atoms with Crippen molar-refractivity contribution in [3.05, 3.63) is 0 Å². The molecule has 1 N–H and O–H groups in total. The zero-order valence-electron chi connectivity index (χ0n) is 7.94. The van der Waals surface area contributed by atoms with Crippen LogP contribution >= 0.6 is 0 Å². The minimum atomic E-state index is 0. The molecule has 0 saturated carbocycles. The van der Waals surface area contributed by atoms with Crippen molar-refractivity contribution in [2.24, 2.45) is 4.99 Å². The molecule has 1 radical (unpaired) electrons. The van der Waals surface area contributed by atoms with Crippen molar-refractivity contribution in [2.45, 2.75) is 46.7 Å². The molecule has 0 aromatic carbocycles. The molecule has 3 heteroatoms. The second-order valence-electron chi connectivity index (χ2n) is 3.11. The van der Waals surface area contributed by atoms with Gasteiger partial charge in [0.25, 0.3) is 0 Å². The Balaban J connectivity index is 0. The maximum absolute atomic E-state index is 4.32. The minimum Gasteiger partial charge on any atom is -0.372 e. The molecule has 2 nitrogen and oxygen atoms in total. The molecule has 0 aliphatic carbocycles. The van der Waals surface area contributed by atoms with Gasteiger partial charge < -0.3 is 5.32 Å². The van der Waals surface area contributed by atoms with Gasteiger partial charge in [-0.05, 0) is 34.6 Å². The van der Waals surface area contributed by atoms with Gasteiger partial charge in [0.1, 0.15) is 0 Å². The second-order valence-corrected chi connectivity index (χ2v) is 3.11. The number of aliphatic imine (C=N–C) groups is 1. The van der Waals surface area contributed by atoms with Gasteiger partial charge in [-0.15, -0.1) is 0 Å². The van der Waals surface area contributed by atoms with Gasteiger partial charge in [-0.1, -0.05) is 0 Å². The molecule has 0 aromatic heterocycles. The molecule has 0 aromatic rings. The maximum Gasteiger partial charge on any atom is 2.00 e. The molecule has 0 rings (SSSR count). The Morgan fingerprint density at radius 1 is 1.18 bits per heavy atom. The number of nitrogens with one attached hydrogen (secondary N) is 1. The molecular weight excluding hydrogens is 183 g/mol. The van der Waals surface area contributed by atoms with E-state index in [9.17, 15) is 0 Å². The molecule has 0 amide bonds. The summed E-state index contributed by atoms with van der Waals surface area (Å²) in [5, 5.41) is 3.22. The molecule has 0 aliphatic heterocycles. The molecule has 0 fully saturated rings. The van der Waals surface area contributed by atoms with E-state index >= 15 is 0 Å². The first-order chi connectivity index (χ1) is 4.52. The number of nitrogens with zero attached hydrogens (tertiary/aromatic N) is 1. The van der Waals surface area contributed by atoms with Crippen molar-refractivity contribution in [1.29, 1.82) is 0 Å². The van der Waals surface area contributed by atoms with Crippen LogP contribution < -0.4 is 5.32 Å². The van der Waals surface area contributed by atoms with Gasteiger partial charge in [-0.3, -0.25) is 4.99 Å². The summed E-state index contributed by atoms with van der Waals surface area (Å²) in [6, 6.07) is 0.883. The monoisotopic (exact) mass is 201 g/mol. The van der Waals surface area contributed by atoms with Gasteiger partial charge in [0, 0.05) is 12.1 Å². The van der Waals surface area contributed by atoms with Crippen LogP contribution in [-0.4, -0.2) is 17.9 Å². The Labute approximate surface area is 80.1 Å². The van der Waals surface area contributed by atoms with Crippen LogP contribution in [0.3, 0.4) is 0 Å². The first kappa shape index (κ1) is 13.6. The average Bonchev–Trinajstić information content (AvgIpc) is 1.58. The number of hydrogen-bond donors (Lipinski definition) is 1. The van der Waals surface area contributed by atoms with E-state index in [1.807, 2.05) is 6.92 Å². The Morgan fingerprint density at radius 2 is 1.64 bits per heavy atom. The van der Waals surface area contributed by atoms with Crippen LogP contribution in [-0.2, 0) is 16.8 Å². The Bertz CT molecular complexity index is 119. The van der Waals surface area contributed by atoms with Crippen LogP contribution in [0.15, 0.2) is 4.99 Å². The largest absolute Gasteiger partial charge is 2.00 e. The van der Waals surface area contributed by atoms with Crippen LogP contribution in [0.2, 0.25) is 0 Å². The van der Waals surface area contributed by atoms with Gasteiger partial charge in [0.15, 0.2) is 0 Å². The minimum absolute atomic E-state index is 0. The number of rotatable bonds is 2. The Morgan fingerprint density at radius 3 is 1.91 bits per heavy atom. The van der Waals surface area contributed by atoms with E-state index in [1.165, 1.54) is 0 Å². The molecule has 11 heavy (non-hydrogen) atoms. The van der Waals surface area contributed by atoms with E-state index < -0.39 is 0 Å². The van der Waals surface area contributed by atoms with E-state index in [4.69, 9.17) is 0 Å². The van der Waals surface area contributed by atoms with Gasteiger partial charge >= 0.3 is 16.8 Å². The van der Waals surface area contributed by atoms with Gasteiger partial charge in [0.05, 0.1) is 5.84 Å². The normalized spacial score (nSPS) is 11.7. The fraction of sp³-hybridized carbons (Fsp3) is 0.875. The van der Waals surface area contributed by atoms with Gasteiger partial charge in [0.2, 0.25) is 0 Å². The molecule has 0 aliphatic rings. The summed E-state index contributed by atoms with van der Waals surface area (Å²) in [6.45, 7) is 10.4. The molecule has 0 spiro atoms. The fourth-order valence-corrected chi connectivity index (χ4v) is 0.842. The van der Waals surface area contributed by atoms with Crippen molar-refractivity contribution in [2.75, 3.05) is 0 Å². The van der Waals surface area contributed by atoms with Crippen molar-refractivity contribution in [3.8, 4) is 0 Å². The van der Waals surface area contributed by atoms with E-state index in [-0.39, 0.29) is 16.8 Å². The summed E-state index contributed by atoms with van der Waals surface area (Å²) >= 11 is 0. The van der Waals surface area contributed by atoms with Crippen LogP contribution in [0, 0.1) is 0 Å². The Hall–Kier alpha value is -0.0235. The van der Waals surface area contributed by atoms with E-state index in [2.05, 4.69) is 38.0 Å². The number of amidine groups is 1. The third-order valence-electron chi connectivity index (χ3n) is 0.949. The van der Waals surface area contributed by atoms with Crippen molar-refractivity contribution >= 4 is 5.84 Å². The SMILES string of the molecule is CC(=NC(C)C)NC(C)C.[Co+2]. The van der Waals surface area contributed by atoms with Crippen molar-refractivity contribution in [3.63, 3.8) is 0 Å². The summed E-state index contributed by atoms with van der Waals surface area (Å²) in [5.41, 5.74) is 0. The molecule has 0 heterocycles. The molecule has 0 bridgehead atoms. The average molecular weight is 201 g/mol. The first-order valence-electron chi connectivity index (χ1n) is 3.83. The van der Waals surface area contributed by atoms with Crippen LogP contribution in [0.4, 0.5) is 0 Å². The standard InChI is InChI=1S/C8H18N2.Co/c1-6(2)9-8(5)10-7(3)4;/h6-7H,1-5H3,(H,9,10);/q;+2. The zero-order valence-corrected chi connectivity index (χ0v) is 8.98. The van der Waals surface area contributed by atoms with E-state index in [0.717, 1.165) is 5.84 Å². The van der Waals surface area contributed by atoms with Gasteiger partial charge in [-0.2, -0.15) is 0 Å².